The number of carbonyl (C=O) groups is 1. The maximum Gasteiger partial charge on any atom is 0.274 e. The Morgan fingerprint density at radius 3 is 1.94 bits per heavy atom. The molecule has 0 spiro atoms. The number of rotatable bonds is 5. The predicted molar refractivity (Wildman–Crippen MR) is 131 cm³/mol. The molecule has 3 heterocycles. The van der Waals surface area contributed by atoms with Gasteiger partial charge >= 0.3 is 0 Å². The number of imidazole rings is 1. The third-order valence-corrected chi connectivity index (χ3v) is 7.20. The highest BCUT2D eigenvalue weighted by molar-refractivity contribution is 7.90. The molecular weight excluding hydrogens is 448 g/mol. The standard InChI is InChI=1S/C26H26N4O3S/c1-34(32,33)26-27-23(22-14-8-9-15-30(22)26)25(31)29-18-16-28(17-19-29)24(20-10-4-2-5-11-20)21-12-6-3-7-13-21/h2-15,24H,16-19H2,1H3. The molecule has 8 heteroatoms. The van der Waals surface area contributed by atoms with Crippen molar-refractivity contribution < 1.29 is 13.2 Å². The molecule has 2 aromatic carbocycles. The Morgan fingerprint density at radius 1 is 0.824 bits per heavy atom. The van der Waals surface area contributed by atoms with E-state index in [-0.39, 0.29) is 22.8 Å². The minimum Gasteiger partial charge on any atom is -0.335 e. The molecule has 0 bridgehead atoms. The zero-order chi connectivity index (χ0) is 23.7. The highest BCUT2D eigenvalue weighted by atomic mass is 32.2. The lowest BCUT2D eigenvalue weighted by Gasteiger charge is -2.39. The van der Waals surface area contributed by atoms with Crippen LogP contribution in [0.4, 0.5) is 0 Å². The van der Waals surface area contributed by atoms with E-state index < -0.39 is 9.84 Å². The van der Waals surface area contributed by atoms with Gasteiger partial charge in [0.2, 0.25) is 15.0 Å². The molecule has 1 aliphatic heterocycles. The number of carbonyl (C=O) groups excluding carboxylic acids is 1. The monoisotopic (exact) mass is 474 g/mol. The quantitative estimate of drug-likeness (QED) is 0.444. The number of hydrogen-bond donors (Lipinski definition) is 0. The fourth-order valence-corrected chi connectivity index (χ4v) is 5.42. The molecule has 0 unspecified atom stereocenters. The molecular formula is C26H26N4O3S. The number of pyridine rings is 1. The topological polar surface area (TPSA) is 75.0 Å². The van der Waals surface area contributed by atoms with Crippen molar-refractivity contribution in [2.75, 3.05) is 32.4 Å². The van der Waals surface area contributed by atoms with Crippen molar-refractivity contribution in [1.29, 1.82) is 0 Å². The van der Waals surface area contributed by atoms with Crippen LogP contribution in [0, 0.1) is 0 Å². The molecule has 1 aliphatic rings. The summed E-state index contributed by atoms with van der Waals surface area (Å²) in [5.41, 5.74) is 3.11. The molecule has 2 aromatic heterocycles. The van der Waals surface area contributed by atoms with Crippen LogP contribution in [0.3, 0.4) is 0 Å². The van der Waals surface area contributed by atoms with Gasteiger partial charge in [0.05, 0.1) is 11.6 Å². The zero-order valence-corrected chi connectivity index (χ0v) is 19.7. The van der Waals surface area contributed by atoms with Crippen LogP contribution in [-0.4, -0.2) is 65.9 Å². The van der Waals surface area contributed by atoms with Gasteiger partial charge in [-0.15, -0.1) is 0 Å². The molecule has 174 valence electrons. The Bertz CT molecular complexity index is 1370. The highest BCUT2D eigenvalue weighted by Crippen LogP contribution is 2.30. The van der Waals surface area contributed by atoms with Crippen molar-refractivity contribution in [3.05, 3.63) is 102 Å². The normalized spacial score (nSPS) is 15.2. The second-order valence-corrected chi connectivity index (χ2v) is 10.4. The van der Waals surface area contributed by atoms with E-state index in [0.717, 1.165) is 6.26 Å². The summed E-state index contributed by atoms with van der Waals surface area (Å²) in [7, 11) is -3.58. The van der Waals surface area contributed by atoms with Crippen molar-refractivity contribution in [3.8, 4) is 0 Å². The Kier molecular flexibility index (Phi) is 5.93. The highest BCUT2D eigenvalue weighted by Gasteiger charge is 2.31. The average Bonchev–Trinajstić information content (AvgIpc) is 3.26. The van der Waals surface area contributed by atoms with Crippen LogP contribution >= 0.6 is 0 Å². The first-order chi connectivity index (χ1) is 16.4. The second-order valence-electron chi connectivity index (χ2n) is 8.52. The van der Waals surface area contributed by atoms with Gasteiger partial charge in [0.1, 0.15) is 0 Å². The summed E-state index contributed by atoms with van der Waals surface area (Å²) in [5.74, 6) is -0.241. The van der Waals surface area contributed by atoms with Gasteiger partial charge in [-0.25, -0.2) is 13.4 Å². The Balaban J connectivity index is 1.40. The minimum atomic E-state index is -3.58. The van der Waals surface area contributed by atoms with E-state index >= 15 is 0 Å². The van der Waals surface area contributed by atoms with Crippen LogP contribution in [-0.2, 0) is 9.84 Å². The van der Waals surface area contributed by atoms with E-state index in [1.807, 2.05) is 36.4 Å². The lowest BCUT2D eigenvalue weighted by atomic mass is 9.96. The Hall–Kier alpha value is -3.49. The Morgan fingerprint density at radius 2 is 1.38 bits per heavy atom. The molecule has 0 atom stereocenters. The number of amides is 1. The summed E-state index contributed by atoms with van der Waals surface area (Å²) in [6.07, 6.45) is 2.73. The van der Waals surface area contributed by atoms with Crippen LogP contribution in [0.5, 0.6) is 0 Å². The van der Waals surface area contributed by atoms with E-state index in [1.54, 1.807) is 29.3 Å². The molecule has 5 rings (SSSR count). The number of hydrogen-bond acceptors (Lipinski definition) is 5. The summed E-state index contributed by atoms with van der Waals surface area (Å²) in [5, 5.41) is -0.113. The molecule has 0 radical (unpaired) electrons. The fraction of sp³-hybridized carbons (Fsp3) is 0.231. The number of aromatic nitrogens is 2. The van der Waals surface area contributed by atoms with Gasteiger partial charge in [-0.3, -0.25) is 14.1 Å². The summed E-state index contributed by atoms with van der Waals surface area (Å²) < 4.78 is 25.9. The largest absolute Gasteiger partial charge is 0.335 e. The molecule has 1 fully saturated rings. The van der Waals surface area contributed by atoms with Gasteiger partial charge in [-0.05, 0) is 23.3 Å². The van der Waals surface area contributed by atoms with Crippen molar-refractivity contribution in [2.45, 2.75) is 11.2 Å². The molecule has 0 aliphatic carbocycles. The van der Waals surface area contributed by atoms with E-state index in [0.29, 0.717) is 31.7 Å². The first-order valence-corrected chi connectivity index (χ1v) is 13.1. The first kappa shape index (κ1) is 22.3. The van der Waals surface area contributed by atoms with Crippen LogP contribution in [0.15, 0.2) is 90.2 Å². The molecule has 0 N–H and O–H groups in total. The van der Waals surface area contributed by atoms with Crippen LogP contribution in [0.1, 0.15) is 27.7 Å². The van der Waals surface area contributed by atoms with Crippen LogP contribution in [0.2, 0.25) is 0 Å². The van der Waals surface area contributed by atoms with Crippen molar-refractivity contribution >= 4 is 21.3 Å². The predicted octanol–water partition coefficient (Wildman–Crippen LogP) is 3.29. The maximum atomic E-state index is 13.4. The molecule has 4 aromatic rings. The SMILES string of the molecule is CS(=O)(=O)c1nc(C(=O)N2CCN(C(c3ccccc3)c3ccccc3)CC2)c2ccccn12. The van der Waals surface area contributed by atoms with Gasteiger partial charge in [0, 0.05) is 38.6 Å². The van der Waals surface area contributed by atoms with Gasteiger partial charge < -0.3 is 4.90 Å². The summed E-state index contributed by atoms with van der Waals surface area (Å²) >= 11 is 0. The lowest BCUT2D eigenvalue weighted by Crippen LogP contribution is -2.50. The van der Waals surface area contributed by atoms with Crippen LogP contribution in [0.25, 0.3) is 5.52 Å². The second kappa shape index (κ2) is 9.04. The molecule has 1 saturated heterocycles. The van der Waals surface area contributed by atoms with E-state index in [2.05, 4.69) is 34.1 Å². The number of sulfone groups is 1. The van der Waals surface area contributed by atoms with Crippen molar-refractivity contribution in [1.82, 2.24) is 19.2 Å². The van der Waals surface area contributed by atoms with Gasteiger partial charge in [0.15, 0.2) is 5.69 Å². The summed E-state index contributed by atoms with van der Waals surface area (Å²) in [6, 6.07) is 26.1. The number of benzene rings is 2. The number of nitrogens with zero attached hydrogens (tertiary/aromatic N) is 4. The number of fused-ring (bicyclic) bond motifs is 1. The van der Waals surface area contributed by atoms with E-state index in [1.165, 1.54) is 15.5 Å². The van der Waals surface area contributed by atoms with E-state index in [9.17, 15) is 13.2 Å². The molecule has 0 saturated carbocycles. The smallest absolute Gasteiger partial charge is 0.274 e. The number of piperazine rings is 1. The molecule has 1 amide bonds. The Labute approximate surface area is 199 Å². The van der Waals surface area contributed by atoms with Gasteiger partial charge in [-0.2, -0.15) is 0 Å². The van der Waals surface area contributed by atoms with Gasteiger partial charge in [0.25, 0.3) is 5.91 Å². The van der Waals surface area contributed by atoms with E-state index in [4.69, 9.17) is 0 Å². The first-order valence-electron chi connectivity index (χ1n) is 11.2. The summed E-state index contributed by atoms with van der Waals surface area (Å²) in [6.45, 7) is 2.47. The molecule has 34 heavy (non-hydrogen) atoms. The van der Waals surface area contributed by atoms with Crippen LogP contribution < -0.4 is 0 Å². The average molecular weight is 475 g/mol. The summed E-state index contributed by atoms with van der Waals surface area (Å²) in [4.78, 5) is 21.8. The zero-order valence-electron chi connectivity index (χ0n) is 18.9. The lowest BCUT2D eigenvalue weighted by molar-refractivity contribution is 0.0594. The molecule has 7 nitrogen and oxygen atoms in total. The third-order valence-electron chi connectivity index (χ3n) is 6.25. The van der Waals surface area contributed by atoms with Crippen molar-refractivity contribution in [2.24, 2.45) is 0 Å². The third kappa shape index (κ3) is 4.22. The van der Waals surface area contributed by atoms with Crippen molar-refractivity contribution in [3.63, 3.8) is 0 Å². The fourth-order valence-electron chi connectivity index (χ4n) is 4.65. The van der Waals surface area contributed by atoms with Gasteiger partial charge in [-0.1, -0.05) is 66.7 Å². The maximum absolute atomic E-state index is 13.4. The minimum absolute atomic E-state index is 0.102.